The second kappa shape index (κ2) is 8.03. The van der Waals surface area contributed by atoms with Gasteiger partial charge in [-0.25, -0.2) is 8.42 Å². The fraction of sp³-hybridized carbons (Fsp3) is 0.667. The zero-order valence-electron chi connectivity index (χ0n) is 14.2. The summed E-state index contributed by atoms with van der Waals surface area (Å²) >= 11 is 7.49. The van der Waals surface area contributed by atoms with E-state index in [-0.39, 0.29) is 0 Å². The average molecular weight is 394 g/mol. The molecule has 9 heteroatoms. The van der Waals surface area contributed by atoms with Crippen LogP contribution in [0.3, 0.4) is 0 Å². The number of aliphatic imine (C=N–C) groups is 1. The summed E-state index contributed by atoms with van der Waals surface area (Å²) in [6.45, 7) is 1.93. The van der Waals surface area contributed by atoms with Gasteiger partial charge in [-0.3, -0.25) is 4.99 Å². The van der Waals surface area contributed by atoms with Crippen molar-refractivity contribution in [1.29, 1.82) is 0 Å². The van der Waals surface area contributed by atoms with Crippen LogP contribution in [0.15, 0.2) is 17.1 Å². The molecule has 1 N–H and O–H groups in total. The van der Waals surface area contributed by atoms with Gasteiger partial charge < -0.3 is 15.0 Å². The maximum atomic E-state index is 12.3. The second-order valence-electron chi connectivity index (χ2n) is 6.03. The molecule has 136 valence electrons. The molecule has 1 aromatic rings. The minimum atomic E-state index is -3.20. The third-order valence-electron chi connectivity index (χ3n) is 4.35. The van der Waals surface area contributed by atoms with Gasteiger partial charge in [-0.05, 0) is 25.0 Å². The topological polar surface area (TPSA) is 71.0 Å². The fourth-order valence-corrected chi connectivity index (χ4v) is 5.18. The van der Waals surface area contributed by atoms with Gasteiger partial charge >= 0.3 is 0 Å². The van der Waals surface area contributed by atoms with Crippen molar-refractivity contribution in [3.63, 3.8) is 0 Å². The first-order valence-electron chi connectivity index (χ1n) is 7.71. The lowest BCUT2D eigenvalue weighted by molar-refractivity contribution is 0.0755. The van der Waals surface area contributed by atoms with E-state index in [2.05, 4.69) is 10.3 Å². The Morgan fingerprint density at radius 3 is 2.62 bits per heavy atom. The minimum absolute atomic E-state index is 0.331. The Balaban J connectivity index is 2.03. The van der Waals surface area contributed by atoms with E-state index >= 15 is 0 Å². The summed E-state index contributed by atoms with van der Waals surface area (Å²) < 4.78 is 29.9. The maximum absolute atomic E-state index is 12.3. The zero-order valence-corrected chi connectivity index (χ0v) is 16.6. The lowest BCUT2D eigenvalue weighted by atomic mass is 9.99. The molecule has 0 atom stereocenters. The van der Waals surface area contributed by atoms with Crippen molar-refractivity contribution in [1.82, 2.24) is 10.2 Å². The molecular weight excluding hydrogens is 370 g/mol. The first-order valence-corrected chi connectivity index (χ1v) is 10.8. The molecule has 1 aromatic heterocycles. The molecule has 0 aliphatic carbocycles. The van der Waals surface area contributed by atoms with Gasteiger partial charge in [-0.15, -0.1) is 11.3 Å². The van der Waals surface area contributed by atoms with Crippen molar-refractivity contribution >= 4 is 38.7 Å². The molecule has 1 fully saturated rings. The van der Waals surface area contributed by atoms with Crippen LogP contribution >= 0.6 is 22.9 Å². The third kappa shape index (κ3) is 4.62. The van der Waals surface area contributed by atoms with E-state index in [0.29, 0.717) is 45.1 Å². The summed E-state index contributed by atoms with van der Waals surface area (Å²) in [5.74, 6) is 0.661. The summed E-state index contributed by atoms with van der Waals surface area (Å²) in [7, 11) is 0.404. The highest BCUT2D eigenvalue weighted by Gasteiger charge is 2.42. The van der Waals surface area contributed by atoms with Gasteiger partial charge in [0.05, 0.1) is 15.6 Å². The van der Waals surface area contributed by atoms with Crippen LogP contribution < -0.4 is 5.32 Å². The molecule has 2 heterocycles. The van der Waals surface area contributed by atoms with Crippen molar-refractivity contribution < 1.29 is 13.2 Å². The summed E-state index contributed by atoms with van der Waals surface area (Å²) in [6, 6.07) is 3.85. The molecular formula is C15H24ClN3O3S2. The Morgan fingerprint density at radius 1 is 1.46 bits per heavy atom. The zero-order chi connectivity index (χ0) is 17.8. The Morgan fingerprint density at radius 2 is 2.12 bits per heavy atom. The van der Waals surface area contributed by atoms with Crippen LogP contribution in [-0.4, -0.2) is 64.1 Å². The molecule has 0 spiro atoms. The van der Waals surface area contributed by atoms with Crippen molar-refractivity contribution in [3.05, 3.63) is 21.3 Å². The fourth-order valence-electron chi connectivity index (χ4n) is 2.79. The van der Waals surface area contributed by atoms with Gasteiger partial charge in [-0.1, -0.05) is 11.6 Å². The van der Waals surface area contributed by atoms with Gasteiger partial charge in [0, 0.05) is 45.0 Å². The van der Waals surface area contributed by atoms with E-state index in [0.717, 1.165) is 9.21 Å². The number of guanidine groups is 1. The number of nitrogens with zero attached hydrogens (tertiary/aromatic N) is 2. The van der Waals surface area contributed by atoms with E-state index in [9.17, 15) is 8.42 Å². The molecule has 6 nitrogen and oxygen atoms in total. The highest BCUT2D eigenvalue weighted by atomic mass is 35.5. The molecule has 24 heavy (non-hydrogen) atoms. The highest BCUT2D eigenvalue weighted by molar-refractivity contribution is 7.92. The number of hydrogen-bond donors (Lipinski definition) is 1. The normalized spacial score (nSPS) is 18.4. The summed E-state index contributed by atoms with van der Waals surface area (Å²) in [5.41, 5.74) is 0. The van der Waals surface area contributed by atoms with Crippen LogP contribution in [0.4, 0.5) is 0 Å². The van der Waals surface area contributed by atoms with Crippen molar-refractivity contribution in [3.8, 4) is 0 Å². The quantitative estimate of drug-likeness (QED) is 0.612. The molecule has 0 saturated carbocycles. The van der Waals surface area contributed by atoms with Crippen LogP contribution in [0.1, 0.15) is 17.7 Å². The monoisotopic (exact) mass is 393 g/mol. The first kappa shape index (κ1) is 19.5. The van der Waals surface area contributed by atoms with Gasteiger partial charge in [-0.2, -0.15) is 0 Å². The van der Waals surface area contributed by atoms with E-state index < -0.39 is 14.6 Å². The Kier molecular flexibility index (Phi) is 6.52. The van der Waals surface area contributed by atoms with E-state index in [1.54, 1.807) is 7.05 Å². The third-order valence-corrected chi connectivity index (χ3v) is 7.70. The highest BCUT2D eigenvalue weighted by Crippen LogP contribution is 2.28. The minimum Gasteiger partial charge on any atom is -0.381 e. The summed E-state index contributed by atoms with van der Waals surface area (Å²) in [4.78, 5) is 7.34. The number of hydrogen-bond acceptors (Lipinski definition) is 5. The van der Waals surface area contributed by atoms with E-state index in [1.165, 1.54) is 17.6 Å². The maximum Gasteiger partial charge on any atom is 0.193 e. The number of nitrogens with one attached hydrogen (secondary N) is 1. The van der Waals surface area contributed by atoms with Gasteiger partial charge in [0.25, 0.3) is 0 Å². The predicted molar refractivity (Wildman–Crippen MR) is 99.8 cm³/mol. The molecule has 1 saturated heterocycles. The standard InChI is InChI=1S/C15H24ClN3O3S2/c1-17-14(19(2)10-12-4-5-13(16)23-12)18-11-15(24(3,20)21)6-8-22-9-7-15/h4-5H,6-11H2,1-3H3,(H,17,18). The average Bonchev–Trinajstić information content (AvgIpc) is 2.92. The van der Waals surface area contributed by atoms with Crippen molar-refractivity contribution in [2.75, 3.05) is 40.1 Å². The molecule has 0 radical (unpaired) electrons. The number of sulfone groups is 1. The summed E-state index contributed by atoms with van der Waals surface area (Å²) in [5, 5.41) is 3.23. The van der Waals surface area contributed by atoms with Crippen molar-refractivity contribution in [2.45, 2.75) is 24.1 Å². The van der Waals surface area contributed by atoms with Crippen LogP contribution in [0.5, 0.6) is 0 Å². The Bertz CT molecular complexity index is 682. The molecule has 1 aliphatic heterocycles. The smallest absolute Gasteiger partial charge is 0.193 e. The molecule has 0 aromatic carbocycles. The van der Waals surface area contributed by atoms with Gasteiger partial charge in [0.15, 0.2) is 15.8 Å². The molecule has 0 unspecified atom stereocenters. The molecule has 1 aliphatic rings. The van der Waals surface area contributed by atoms with E-state index in [4.69, 9.17) is 16.3 Å². The lowest BCUT2D eigenvalue weighted by Crippen LogP contribution is -2.53. The second-order valence-corrected chi connectivity index (χ2v) is 10.2. The predicted octanol–water partition coefficient (Wildman–Crippen LogP) is 2.00. The Labute approximate surface area is 152 Å². The number of thiophene rings is 1. The number of halogens is 1. The largest absolute Gasteiger partial charge is 0.381 e. The lowest BCUT2D eigenvalue weighted by Gasteiger charge is -2.36. The summed E-state index contributed by atoms with van der Waals surface area (Å²) in [6.07, 6.45) is 2.31. The molecule has 0 bridgehead atoms. The number of rotatable bonds is 5. The van der Waals surface area contributed by atoms with Crippen LogP contribution in [0, 0.1) is 0 Å². The van der Waals surface area contributed by atoms with Gasteiger partial charge in [0.1, 0.15) is 0 Å². The van der Waals surface area contributed by atoms with Gasteiger partial charge in [0.2, 0.25) is 0 Å². The van der Waals surface area contributed by atoms with Crippen LogP contribution in [0.2, 0.25) is 4.34 Å². The SMILES string of the molecule is CN=C(NCC1(S(C)(=O)=O)CCOCC1)N(C)Cc1ccc(Cl)s1. The Hall–Kier alpha value is -0.830. The molecule has 0 amide bonds. The van der Waals surface area contributed by atoms with Crippen LogP contribution in [-0.2, 0) is 21.1 Å². The van der Waals surface area contributed by atoms with E-state index in [1.807, 2.05) is 24.1 Å². The van der Waals surface area contributed by atoms with Crippen LogP contribution in [0.25, 0.3) is 0 Å². The first-order chi connectivity index (χ1) is 11.3. The molecule has 2 rings (SSSR count). The van der Waals surface area contributed by atoms with Crippen molar-refractivity contribution in [2.24, 2.45) is 4.99 Å². The number of ether oxygens (including phenoxy) is 1.